The molecule has 4 heteroatoms. The molecule has 1 aliphatic heterocycles. The van der Waals surface area contributed by atoms with Crippen molar-refractivity contribution in [3.63, 3.8) is 0 Å². The van der Waals surface area contributed by atoms with Crippen LogP contribution in [0.4, 0.5) is 5.69 Å². The predicted molar refractivity (Wildman–Crippen MR) is 83.5 cm³/mol. The van der Waals surface area contributed by atoms with E-state index in [2.05, 4.69) is 42.3 Å². The van der Waals surface area contributed by atoms with E-state index in [-0.39, 0.29) is 6.61 Å². The van der Waals surface area contributed by atoms with Crippen molar-refractivity contribution in [3.8, 4) is 0 Å². The molecule has 1 aromatic carbocycles. The number of nitrogens with zero attached hydrogens (tertiary/aromatic N) is 1. The maximum atomic E-state index is 9.26. The van der Waals surface area contributed by atoms with Crippen LogP contribution in [0.25, 0.3) is 0 Å². The van der Waals surface area contributed by atoms with Crippen LogP contribution in [-0.2, 0) is 0 Å². The number of aliphatic hydroxyl groups is 1. The molecule has 0 radical (unpaired) electrons. The first-order chi connectivity index (χ1) is 9.10. The lowest BCUT2D eigenvalue weighted by Crippen LogP contribution is -2.43. The Hall–Kier alpha value is -1.13. The molecule has 0 saturated carbocycles. The van der Waals surface area contributed by atoms with Crippen molar-refractivity contribution < 1.29 is 5.11 Å². The van der Waals surface area contributed by atoms with Crippen molar-refractivity contribution >= 4 is 23.0 Å². The summed E-state index contributed by atoms with van der Waals surface area (Å²) in [7, 11) is 0. The first-order valence-corrected chi connectivity index (χ1v) is 7.25. The van der Waals surface area contributed by atoms with Crippen LogP contribution in [0.15, 0.2) is 18.2 Å². The Labute approximate surface area is 120 Å². The molecule has 104 valence electrons. The SMILES string of the molecule is Cc1ccc(NC(=S)N2CCC[C@@H](CO)C2)c(C)c1. The van der Waals surface area contributed by atoms with Gasteiger partial charge in [-0.3, -0.25) is 0 Å². The van der Waals surface area contributed by atoms with Gasteiger partial charge < -0.3 is 15.3 Å². The van der Waals surface area contributed by atoms with Gasteiger partial charge >= 0.3 is 0 Å². The third kappa shape index (κ3) is 3.67. The van der Waals surface area contributed by atoms with Gasteiger partial charge in [-0.25, -0.2) is 0 Å². The summed E-state index contributed by atoms with van der Waals surface area (Å²) in [4.78, 5) is 2.17. The predicted octanol–water partition coefficient (Wildman–Crippen LogP) is 2.70. The van der Waals surface area contributed by atoms with Crippen LogP contribution in [0.5, 0.6) is 0 Å². The summed E-state index contributed by atoms with van der Waals surface area (Å²) < 4.78 is 0. The molecule has 0 aromatic heterocycles. The fourth-order valence-corrected chi connectivity index (χ4v) is 2.82. The zero-order valence-electron chi connectivity index (χ0n) is 11.6. The summed E-state index contributed by atoms with van der Waals surface area (Å²) in [5, 5.41) is 13.4. The second-order valence-electron chi connectivity index (χ2n) is 5.39. The molecular formula is C15H22N2OS. The van der Waals surface area contributed by atoms with Crippen molar-refractivity contribution in [3.05, 3.63) is 29.3 Å². The van der Waals surface area contributed by atoms with Gasteiger partial charge in [-0.05, 0) is 56.5 Å². The first kappa shape index (κ1) is 14.3. The Bertz CT molecular complexity index is 461. The van der Waals surface area contributed by atoms with Gasteiger partial charge in [0.15, 0.2) is 5.11 Å². The standard InChI is InChI=1S/C15H22N2OS/c1-11-5-6-14(12(2)8-11)16-15(19)17-7-3-4-13(9-17)10-18/h5-6,8,13,18H,3-4,7,9-10H2,1-2H3,(H,16,19)/t13-/m1/s1. The fraction of sp³-hybridized carbons (Fsp3) is 0.533. The highest BCUT2D eigenvalue weighted by atomic mass is 32.1. The molecule has 0 bridgehead atoms. The zero-order valence-corrected chi connectivity index (χ0v) is 12.5. The van der Waals surface area contributed by atoms with Gasteiger partial charge in [0.1, 0.15) is 0 Å². The molecule has 1 heterocycles. The number of piperidine rings is 1. The minimum atomic E-state index is 0.253. The quantitative estimate of drug-likeness (QED) is 0.815. The summed E-state index contributed by atoms with van der Waals surface area (Å²) >= 11 is 5.48. The van der Waals surface area contributed by atoms with Gasteiger partial charge in [-0.15, -0.1) is 0 Å². The summed E-state index contributed by atoms with van der Waals surface area (Å²) in [6.07, 6.45) is 2.19. The summed E-state index contributed by atoms with van der Waals surface area (Å²) in [6, 6.07) is 6.31. The number of aryl methyl sites for hydroxylation is 2. The van der Waals surface area contributed by atoms with E-state index in [9.17, 15) is 5.11 Å². The largest absolute Gasteiger partial charge is 0.396 e. The smallest absolute Gasteiger partial charge is 0.173 e. The molecule has 1 saturated heterocycles. The molecule has 0 amide bonds. The lowest BCUT2D eigenvalue weighted by atomic mass is 9.99. The third-order valence-corrected chi connectivity index (χ3v) is 4.05. The van der Waals surface area contributed by atoms with E-state index in [0.717, 1.165) is 36.7 Å². The lowest BCUT2D eigenvalue weighted by molar-refractivity contribution is 0.162. The van der Waals surface area contributed by atoms with Crippen molar-refractivity contribution in [2.75, 3.05) is 25.0 Å². The van der Waals surface area contributed by atoms with Gasteiger partial charge in [0.25, 0.3) is 0 Å². The van der Waals surface area contributed by atoms with Gasteiger partial charge in [0.2, 0.25) is 0 Å². The molecule has 1 fully saturated rings. The number of nitrogens with one attached hydrogen (secondary N) is 1. The van der Waals surface area contributed by atoms with Gasteiger partial charge in [-0.1, -0.05) is 17.7 Å². The number of rotatable bonds is 2. The monoisotopic (exact) mass is 278 g/mol. The Morgan fingerprint density at radius 2 is 2.26 bits per heavy atom. The van der Waals surface area contributed by atoms with E-state index in [1.807, 2.05) is 0 Å². The molecule has 0 spiro atoms. The molecule has 19 heavy (non-hydrogen) atoms. The van der Waals surface area contributed by atoms with Crippen molar-refractivity contribution in [1.82, 2.24) is 4.90 Å². The van der Waals surface area contributed by atoms with Crippen molar-refractivity contribution in [2.45, 2.75) is 26.7 Å². The molecule has 1 aromatic rings. The molecule has 3 nitrogen and oxygen atoms in total. The number of benzene rings is 1. The average molecular weight is 278 g/mol. The summed E-state index contributed by atoms with van der Waals surface area (Å²) in [5.41, 5.74) is 3.53. The maximum Gasteiger partial charge on any atom is 0.173 e. The second-order valence-corrected chi connectivity index (χ2v) is 5.77. The maximum absolute atomic E-state index is 9.26. The first-order valence-electron chi connectivity index (χ1n) is 6.84. The normalized spacial score (nSPS) is 19.3. The number of anilines is 1. The Kier molecular flexibility index (Phi) is 4.77. The van der Waals surface area contributed by atoms with Crippen LogP contribution in [-0.4, -0.2) is 34.8 Å². The lowest BCUT2D eigenvalue weighted by Gasteiger charge is -2.34. The Morgan fingerprint density at radius 1 is 1.47 bits per heavy atom. The molecule has 2 N–H and O–H groups in total. The van der Waals surface area contributed by atoms with E-state index >= 15 is 0 Å². The molecular weight excluding hydrogens is 256 g/mol. The molecule has 1 atom stereocenters. The van der Waals surface area contributed by atoms with E-state index in [1.54, 1.807) is 0 Å². The number of aliphatic hydroxyl groups excluding tert-OH is 1. The second kappa shape index (κ2) is 6.35. The Morgan fingerprint density at radius 3 is 2.95 bits per heavy atom. The molecule has 2 rings (SSSR count). The minimum Gasteiger partial charge on any atom is -0.396 e. The third-order valence-electron chi connectivity index (χ3n) is 3.69. The van der Waals surface area contributed by atoms with E-state index in [4.69, 9.17) is 12.2 Å². The van der Waals surface area contributed by atoms with Crippen LogP contribution in [0, 0.1) is 19.8 Å². The van der Waals surface area contributed by atoms with E-state index < -0.39 is 0 Å². The number of hydrogen-bond acceptors (Lipinski definition) is 2. The highest BCUT2D eigenvalue weighted by Crippen LogP contribution is 2.20. The fourth-order valence-electron chi connectivity index (χ4n) is 2.55. The van der Waals surface area contributed by atoms with Gasteiger partial charge in [0, 0.05) is 25.4 Å². The van der Waals surface area contributed by atoms with E-state index in [0.29, 0.717) is 5.92 Å². The molecule has 0 unspecified atom stereocenters. The number of hydrogen-bond donors (Lipinski definition) is 2. The summed E-state index contributed by atoms with van der Waals surface area (Å²) in [5.74, 6) is 0.354. The van der Waals surface area contributed by atoms with Crippen LogP contribution < -0.4 is 5.32 Å². The van der Waals surface area contributed by atoms with Crippen molar-refractivity contribution in [2.24, 2.45) is 5.92 Å². The highest BCUT2D eigenvalue weighted by Gasteiger charge is 2.21. The molecule has 1 aliphatic rings. The van der Waals surface area contributed by atoms with E-state index in [1.165, 1.54) is 11.1 Å². The van der Waals surface area contributed by atoms with Gasteiger partial charge in [0.05, 0.1) is 0 Å². The molecule has 0 aliphatic carbocycles. The topological polar surface area (TPSA) is 35.5 Å². The van der Waals surface area contributed by atoms with Crippen LogP contribution in [0.1, 0.15) is 24.0 Å². The Balaban J connectivity index is 2.00. The average Bonchev–Trinajstić information content (AvgIpc) is 2.42. The number of thiocarbonyl (C=S) groups is 1. The van der Waals surface area contributed by atoms with Crippen LogP contribution >= 0.6 is 12.2 Å². The minimum absolute atomic E-state index is 0.253. The van der Waals surface area contributed by atoms with Gasteiger partial charge in [-0.2, -0.15) is 0 Å². The number of likely N-dealkylation sites (tertiary alicyclic amines) is 1. The summed E-state index contributed by atoms with van der Waals surface area (Å²) in [6.45, 7) is 6.26. The van der Waals surface area contributed by atoms with Crippen LogP contribution in [0.3, 0.4) is 0 Å². The van der Waals surface area contributed by atoms with Crippen molar-refractivity contribution in [1.29, 1.82) is 0 Å². The zero-order chi connectivity index (χ0) is 13.8. The van der Waals surface area contributed by atoms with Crippen LogP contribution in [0.2, 0.25) is 0 Å². The highest BCUT2D eigenvalue weighted by molar-refractivity contribution is 7.80.